The van der Waals surface area contributed by atoms with Crippen molar-refractivity contribution in [2.45, 2.75) is 32.9 Å². The summed E-state index contributed by atoms with van der Waals surface area (Å²) >= 11 is 1.75. The van der Waals surface area contributed by atoms with Gasteiger partial charge in [-0.15, -0.1) is 11.3 Å². The standard InChI is InChI=1S/C10H18N2OS/c1-7(2)13-6-9(12-11)10-5-4-8(3)14-10/h4-5,7,9,12H,6,11H2,1-3H3. The number of rotatable bonds is 5. The average Bonchev–Trinajstić information content (AvgIpc) is 2.53. The molecule has 4 heteroatoms. The molecule has 0 aliphatic carbocycles. The van der Waals surface area contributed by atoms with E-state index in [1.165, 1.54) is 9.75 Å². The molecule has 1 aromatic heterocycles. The third kappa shape index (κ3) is 3.38. The minimum Gasteiger partial charge on any atom is -0.377 e. The lowest BCUT2D eigenvalue weighted by Gasteiger charge is -2.16. The van der Waals surface area contributed by atoms with Crippen molar-refractivity contribution in [1.82, 2.24) is 5.43 Å². The second-order valence-electron chi connectivity index (χ2n) is 3.55. The van der Waals surface area contributed by atoms with E-state index < -0.39 is 0 Å². The van der Waals surface area contributed by atoms with Gasteiger partial charge in [0.05, 0.1) is 18.8 Å². The fourth-order valence-electron chi connectivity index (χ4n) is 1.14. The summed E-state index contributed by atoms with van der Waals surface area (Å²) < 4.78 is 5.52. The molecule has 1 unspecified atom stereocenters. The molecule has 1 atom stereocenters. The van der Waals surface area contributed by atoms with Crippen LogP contribution in [0.5, 0.6) is 0 Å². The van der Waals surface area contributed by atoms with Crippen molar-refractivity contribution in [3.63, 3.8) is 0 Å². The van der Waals surface area contributed by atoms with E-state index in [9.17, 15) is 0 Å². The minimum absolute atomic E-state index is 0.107. The summed E-state index contributed by atoms with van der Waals surface area (Å²) in [7, 11) is 0. The smallest absolute Gasteiger partial charge is 0.0786 e. The van der Waals surface area contributed by atoms with E-state index in [1.807, 2.05) is 13.8 Å². The molecule has 0 amide bonds. The Labute approximate surface area is 89.2 Å². The first-order valence-electron chi connectivity index (χ1n) is 4.77. The van der Waals surface area contributed by atoms with E-state index in [1.54, 1.807) is 11.3 Å². The number of thiophene rings is 1. The maximum Gasteiger partial charge on any atom is 0.0786 e. The quantitative estimate of drug-likeness (QED) is 0.582. The van der Waals surface area contributed by atoms with Crippen LogP contribution in [0, 0.1) is 6.92 Å². The van der Waals surface area contributed by atoms with Crippen LogP contribution >= 0.6 is 11.3 Å². The zero-order valence-electron chi connectivity index (χ0n) is 8.91. The Balaban J connectivity index is 2.54. The summed E-state index contributed by atoms with van der Waals surface area (Å²) in [4.78, 5) is 2.52. The maximum atomic E-state index is 5.52. The predicted molar refractivity (Wildman–Crippen MR) is 60.2 cm³/mol. The van der Waals surface area contributed by atoms with Crippen LogP contribution in [0.15, 0.2) is 12.1 Å². The van der Waals surface area contributed by atoms with E-state index in [4.69, 9.17) is 10.6 Å². The molecular weight excluding hydrogens is 196 g/mol. The van der Waals surface area contributed by atoms with Crippen LogP contribution in [0.25, 0.3) is 0 Å². The SMILES string of the molecule is Cc1ccc(C(COC(C)C)NN)s1. The van der Waals surface area contributed by atoms with Crippen LogP contribution in [0.2, 0.25) is 0 Å². The van der Waals surface area contributed by atoms with Crippen LogP contribution in [0.3, 0.4) is 0 Å². The van der Waals surface area contributed by atoms with Crippen molar-refractivity contribution < 1.29 is 4.74 Å². The molecule has 80 valence electrons. The molecular formula is C10H18N2OS. The summed E-state index contributed by atoms with van der Waals surface area (Å²) in [5.74, 6) is 5.48. The van der Waals surface area contributed by atoms with Crippen LogP contribution in [-0.4, -0.2) is 12.7 Å². The van der Waals surface area contributed by atoms with Crippen molar-refractivity contribution in [2.75, 3.05) is 6.61 Å². The van der Waals surface area contributed by atoms with E-state index in [0.717, 1.165) is 0 Å². The summed E-state index contributed by atoms with van der Waals surface area (Å²) in [5, 5.41) is 0. The van der Waals surface area contributed by atoms with Crippen molar-refractivity contribution in [3.05, 3.63) is 21.9 Å². The monoisotopic (exact) mass is 214 g/mol. The Morgan fingerprint density at radius 2 is 2.21 bits per heavy atom. The van der Waals surface area contributed by atoms with Gasteiger partial charge in [0.25, 0.3) is 0 Å². The number of ether oxygens (including phenoxy) is 1. The molecule has 3 nitrogen and oxygen atoms in total. The van der Waals surface area contributed by atoms with E-state index in [0.29, 0.717) is 6.61 Å². The van der Waals surface area contributed by atoms with Crippen molar-refractivity contribution in [1.29, 1.82) is 0 Å². The van der Waals surface area contributed by atoms with Gasteiger partial charge >= 0.3 is 0 Å². The second kappa shape index (κ2) is 5.46. The molecule has 0 radical (unpaired) electrons. The molecule has 0 aliphatic rings. The predicted octanol–water partition coefficient (Wildman–Crippen LogP) is 1.99. The van der Waals surface area contributed by atoms with E-state index >= 15 is 0 Å². The molecule has 1 heterocycles. The molecule has 0 fully saturated rings. The van der Waals surface area contributed by atoms with Gasteiger partial charge < -0.3 is 4.74 Å². The summed E-state index contributed by atoms with van der Waals surface area (Å²) in [6.45, 7) is 6.75. The van der Waals surface area contributed by atoms with Gasteiger partial charge in [-0.25, -0.2) is 5.43 Å². The third-order valence-electron chi connectivity index (χ3n) is 1.90. The lowest BCUT2D eigenvalue weighted by Crippen LogP contribution is -2.31. The lowest BCUT2D eigenvalue weighted by atomic mass is 10.2. The van der Waals surface area contributed by atoms with Crippen LogP contribution in [0.4, 0.5) is 0 Å². The van der Waals surface area contributed by atoms with Gasteiger partial charge in [0.15, 0.2) is 0 Å². The van der Waals surface area contributed by atoms with Gasteiger partial charge in [-0.1, -0.05) is 0 Å². The van der Waals surface area contributed by atoms with Gasteiger partial charge in [0.1, 0.15) is 0 Å². The molecule has 3 N–H and O–H groups in total. The molecule has 0 aliphatic heterocycles. The number of nitrogens with one attached hydrogen (secondary N) is 1. The Morgan fingerprint density at radius 1 is 1.50 bits per heavy atom. The molecule has 0 spiro atoms. The summed E-state index contributed by atoms with van der Waals surface area (Å²) in [6, 6.07) is 4.30. The van der Waals surface area contributed by atoms with Crippen LogP contribution in [0.1, 0.15) is 29.6 Å². The lowest BCUT2D eigenvalue weighted by molar-refractivity contribution is 0.0618. The molecule has 0 bridgehead atoms. The molecule has 1 aromatic rings. The highest BCUT2D eigenvalue weighted by atomic mass is 32.1. The first kappa shape index (κ1) is 11.7. The Bertz CT molecular complexity index is 273. The maximum absolute atomic E-state index is 5.52. The van der Waals surface area contributed by atoms with Crippen molar-refractivity contribution >= 4 is 11.3 Å². The van der Waals surface area contributed by atoms with E-state index in [2.05, 4.69) is 24.5 Å². The fraction of sp³-hybridized carbons (Fsp3) is 0.600. The summed E-state index contributed by atoms with van der Waals surface area (Å²) in [5.41, 5.74) is 2.77. The number of aryl methyl sites for hydroxylation is 1. The molecule has 0 saturated carbocycles. The number of hydrogen-bond acceptors (Lipinski definition) is 4. The van der Waals surface area contributed by atoms with Gasteiger partial charge in [0, 0.05) is 9.75 Å². The van der Waals surface area contributed by atoms with Gasteiger partial charge in [-0.2, -0.15) is 0 Å². The Kier molecular flexibility index (Phi) is 4.54. The molecule has 0 saturated heterocycles. The second-order valence-corrected chi connectivity index (χ2v) is 4.87. The van der Waals surface area contributed by atoms with Crippen molar-refractivity contribution in [3.8, 4) is 0 Å². The number of hydrogen-bond donors (Lipinski definition) is 2. The van der Waals surface area contributed by atoms with Crippen molar-refractivity contribution in [2.24, 2.45) is 5.84 Å². The zero-order chi connectivity index (χ0) is 10.6. The first-order valence-corrected chi connectivity index (χ1v) is 5.59. The highest BCUT2D eigenvalue weighted by Gasteiger charge is 2.12. The topological polar surface area (TPSA) is 47.3 Å². The Morgan fingerprint density at radius 3 is 2.64 bits per heavy atom. The average molecular weight is 214 g/mol. The fourth-order valence-corrected chi connectivity index (χ4v) is 2.06. The molecule has 0 aromatic carbocycles. The van der Waals surface area contributed by atoms with Gasteiger partial charge in [0.2, 0.25) is 0 Å². The van der Waals surface area contributed by atoms with Crippen LogP contribution in [-0.2, 0) is 4.74 Å². The summed E-state index contributed by atoms with van der Waals surface area (Å²) in [6.07, 6.45) is 0.243. The Hall–Kier alpha value is -0.420. The minimum atomic E-state index is 0.107. The van der Waals surface area contributed by atoms with Gasteiger partial charge in [-0.05, 0) is 32.9 Å². The highest BCUT2D eigenvalue weighted by Crippen LogP contribution is 2.22. The molecule has 14 heavy (non-hydrogen) atoms. The van der Waals surface area contributed by atoms with Crippen LogP contribution < -0.4 is 11.3 Å². The third-order valence-corrected chi connectivity index (χ3v) is 3.02. The van der Waals surface area contributed by atoms with Gasteiger partial charge in [-0.3, -0.25) is 5.84 Å². The normalized spacial score (nSPS) is 13.5. The zero-order valence-corrected chi connectivity index (χ0v) is 9.73. The highest BCUT2D eigenvalue weighted by molar-refractivity contribution is 7.12. The van der Waals surface area contributed by atoms with E-state index in [-0.39, 0.29) is 12.1 Å². The number of hydrazine groups is 1. The largest absolute Gasteiger partial charge is 0.377 e. The number of nitrogens with two attached hydrogens (primary N) is 1. The molecule has 1 rings (SSSR count). The first-order chi connectivity index (χ1) is 6.63.